The average molecular weight is 396 g/mol. The molecule has 3 heteroatoms. The zero-order chi connectivity index (χ0) is 10.6. The number of rotatable bonds is 0. The molecule has 0 aliphatic rings. The van der Waals surface area contributed by atoms with Gasteiger partial charge in [-0.25, -0.2) is 0 Å². The SMILES string of the molecule is Cc1c(C)c(C)[c-](C)c1C.[Cl][Os][Cl]. The second-order valence-corrected chi connectivity index (χ2v) is 6.85. The fourth-order valence-electron chi connectivity index (χ4n) is 1.41. The second kappa shape index (κ2) is 6.13. The molecule has 0 saturated carbocycles. The van der Waals surface area contributed by atoms with Crippen molar-refractivity contribution in [2.45, 2.75) is 34.6 Å². The molecule has 1 aromatic rings. The van der Waals surface area contributed by atoms with Crippen LogP contribution in [0.25, 0.3) is 0 Å². The van der Waals surface area contributed by atoms with Crippen molar-refractivity contribution >= 4 is 19.3 Å². The van der Waals surface area contributed by atoms with E-state index in [0.717, 1.165) is 0 Å². The Morgan fingerprint density at radius 1 is 0.923 bits per heavy atom. The van der Waals surface area contributed by atoms with Crippen LogP contribution in [0.1, 0.15) is 27.8 Å². The molecular weight excluding hydrogens is 381 g/mol. The van der Waals surface area contributed by atoms with Gasteiger partial charge in [0.2, 0.25) is 0 Å². The van der Waals surface area contributed by atoms with Gasteiger partial charge in [0.25, 0.3) is 0 Å². The van der Waals surface area contributed by atoms with Crippen molar-refractivity contribution in [1.29, 1.82) is 0 Å². The van der Waals surface area contributed by atoms with E-state index in [1.165, 1.54) is 27.8 Å². The van der Waals surface area contributed by atoms with Gasteiger partial charge < -0.3 is 0 Å². The Hall–Kier alpha value is 0.566. The molecular formula is C10H15Cl2Os-. The zero-order valence-corrected chi connectivity index (χ0v) is 12.7. The van der Waals surface area contributed by atoms with Gasteiger partial charge in [-0.15, -0.1) is 0 Å². The summed E-state index contributed by atoms with van der Waals surface area (Å²) in [6, 6.07) is 0. The predicted molar refractivity (Wildman–Crippen MR) is 57.4 cm³/mol. The summed E-state index contributed by atoms with van der Waals surface area (Å²) in [6.07, 6.45) is 0. The summed E-state index contributed by atoms with van der Waals surface area (Å²) in [5.74, 6) is 0. The van der Waals surface area contributed by atoms with Crippen molar-refractivity contribution < 1.29 is 15.4 Å². The molecule has 0 aliphatic carbocycles. The Morgan fingerprint density at radius 3 is 1.23 bits per heavy atom. The third-order valence-corrected chi connectivity index (χ3v) is 2.81. The molecule has 0 atom stereocenters. The van der Waals surface area contributed by atoms with Gasteiger partial charge in [0.15, 0.2) is 0 Å². The molecule has 0 heterocycles. The summed E-state index contributed by atoms with van der Waals surface area (Å²) >= 11 is -0.639. The number of halogens is 2. The monoisotopic (exact) mass is 397 g/mol. The molecule has 0 aromatic heterocycles. The van der Waals surface area contributed by atoms with Crippen LogP contribution >= 0.6 is 19.3 Å². The van der Waals surface area contributed by atoms with E-state index >= 15 is 0 Å². The minimum absolute atomic E-state index is 0.639. The van der Waals surface area contributed by atoms with Gasteiger partial charge in [-0.3, -0.25) is 0 Å². The van der Waals surface area contributed by atoms with E-state index in [-0.39, 0.29) is 0 Å². The van der Waals surface area contributed by atoms with Crippen molar-refractivity contribution in [3.63, 3.8) is 0 Å². The maximum atomic E-state index is 4.90. The molecule has 0 unspecified atom stereocenters. The molecule has 0 N–H and O–H groups in total. The third-order valence-electron chi connectivity index (χ3n) is 2.81. The Balaban J connectivity index is 0.000000424. The first-order valence-electron chi connectivity index (χ1n) is 4.02. The normalized spacial score (nSPS) is 9.77. The molecule has 0 nitrogen and oxygen atoms in total. The molecule has 0 amide bonds. The third kappa shape index (κ3) is 3.32. The first kappa shape index (κ1) is 13.6. The van der Waals surface area contributed by atoms with E-state index in [4.69, 9.17) is 19.3 Å². The first-order valence-corrected chi connectivity index (χ1v) is 10.3. The summed E-state index contributed by atoms with van der Waals surface area (Å²) in [5, 5.41) is 0. The quantitative estimate of drug-likeness (QED) is 0.573. The fourth-order valence-corrected chi connectivity index (χ4v) is 1.41. The van der Waals surface area contributed by atoms with Gasteiger partial charge in [0.1, 0.15) is 0 Å². The van der Waals surface area contributed by atoms with Crippen LogP contribution in [0.15, 0.2) is 0 Å². The van der Waals surface area contributed by atoms with Crippen LogP contribution < -0.4 is 0 Å². The molecule has 0 aliphatic heterocycles. The van der Waals surface area contributed by atoms with E-state index in [0.29, 0.717) is 0 Å². The first-order chi connectivity index (χ1) is 5.97. The molecule has 0 bridgehead atoms. The van der Waals surface area contributed by atoms with Crippen LogP contribution in [0.4, 0.5) is 0 Å². The van der Waals surface area contributed by atoms with Gasteiger partial charge in [-0.05, 0) is 0 Å². The molecule has 1 rings (SSSR count). The zero-order valence-electron chi connectivity index (χ0n) is 8.61. The second-order valence-electron chi connectivity index (χ2n) is 3.18. The van der Waals surface area contributed by atoms with Crippen LogP contribution in [0.5, 0.6) is 0 Å². The molecule has 0 radical (unpaired) electrons. The average Bonchev–Trinajstić information content (AvgIpc) is 2.25. The standard InChI is InChI=1S/C10H15.2ClH.Os/c1-6-7(2)9(4)10(5)8(6)3;;;/h1-5H3;2*1H;/q-1;;;+2/p-2. The molecule has 13 heavy (non-hydrogen) atoms. The van der Waals surface area contributed by atoms with Gasteiger partial charge in [0, 0.05) is 0 Å². The summed E-state index contributed by atoms with van der Waals surface area (Å²) in [4.78, 5) is 0. The van der Waals surface area contributed by atoms with Crippen molar-refractivity contribution in [2.75, 3.05) is 0 Å². The van der Waals surface area contributed by atoms with Gasteiger partial charge >= 0.3 is 34.7 Å². The van der Waals surface area contributed by atoms with Crippen LogP contribution in [0.2, 0.25) is 0 Å². The van der Waals surface area contributed by atoms with Crippen molar-refractivity contribution in [3.8, 4) is 0 Å². The van der Waals surface area contributed by atoms with Crippen LogP contribution in [0, 0.1) is 34.6 Å². The number of hydrogen-bond donors (Lipinski definition) is 0. The van der Waals surface area contributed by atoms with E-state index in [9.17, 15) is 0 Å². The number of hydrogen-bond acceptors (Lipinski definition) is 0. The van der Waals surface area contributed by atoms with Crippen molar-refractivity contribution in [3.05, 3.63) is 27.8 Å². The summed E-state index contributed by atoms with van der Waals surface area (Å²) in [7, 11) is 9.81. The van der Waals surface area contributed by atoms with Crippen molar-refractivity contribution in [2.24, 2.45) is 0 Å². The Bertz CT molecular complexity index is 197. The van der Waals surface area contributed by atoms with Gasteiger partial charge in [-0.1, -0.05) is 34.6 Å². The van der Waals surface area contributed by atoms with Crippen LogP contribution in [-0.4, -0.2) is 0 Å². The van der Waals surface area contributed by atoms with Crippen LogP contribution in [-0.2, 0) is 15.4 Å². The molecule has 0 fully saturated rings. The van der Waals surface area contributed by atoms with Gasteiger partial charge in [-0.2, -0.15) is 27.8 Å². The molecule has 0 saturated heterocycles. The Morgan fingerprint density at radius 2 is 1.15 bits per heavy atom. The van der Waals surface area contributed by atoms with Gasteiger partial charge in [0.05, 0.1) is 0 Å². The van der Waals surface area contributed by atoms with E-state index in [1.807, 2.05) is 0 Å². The minimum atomic E-state index is -0.639. The van der Waals surface area contributed by atoms with Crippen LogP contribution in [0.3, 0.4) is 0 Å². The maximum absolute atomic E-state index is 4.90. The Labute approximate surface area is 96.8 Å². The summed E-state index contributed by atoms with van der Waals surface area (Å²) in [5.41, 5.74) is 7.34. The predicted octanol–water partition coefficient (Wildman–Crippen LogP) is 4.32. The summed E-state index contributed by atoms with van der Waals surface area (Å²) < 4.78 is 0. The van der Waals surface area contributed by atoms with E-state index in [2.05, 4.69) is 34.6 Å². The molecule has 1 aromatic carbocycles. The molecule has 78 valence electrons. The molecule has 0 spiro atoms. The topological polar surface area (TPSA) is 0 Å². The fraction of sp³-hybridized carbons (Fsp3) is 0.500. The summed E-state index contributed by atoms with van der Waals surface area (Å²) in [6.45, 7) is 11.0. The Kier molecular flexibility index (Phi) is 6.39. The van der Waals surface area contributed by atoms with E-state index < -0.39 is 15.4 Å². The van der Waals surface area contributed by atoms with Crippen molar-refractivity contribution in [1.82, 2.24) is 0 Å². The van der Waals surface area contributed by atoms with E-state index in [1.54, 1.807) is 0 Å².